The molecule has 1 saturated heterocycles. The number of methoxy groups -OCH3 is 1. The number of rotatable bonds is 6. The van der Waals surface area contributed by atoms with Crippen molar-refractivity contribution >= 4 is 33.3 Å². The lowest BCUT2D eigenvalue weighted by molar-refractivity contribution is 0.0337. The highest BCUT2D eigenvalue weighted by molar-refractivity contribution is 7.13. The van der Waals surface area contributed by atoms with Crippen LogP contribution in [0.25, 0.3) is 11.0 Å². The van der Waals surface area contributed by atoms with E-state index in [4.69, 9.17) is 13.9 Å². The second-order valence-electron chi connectivity index (χ2n) is 6.33. The average Bonchev–Trinajstić information content (AvgIpc) is 3.28. The molecule has 27 heavy (non-hydrogen) atoms. The third-order valence-corrected chi connectivity index (χ3v) is 5.26. The van der Waals surface area contributed by atoms with E-state index in [0.717, 1.165) is 49.5 Å². The van der Waals surface area contributed by atoms with Crippen molar-refractivity contribution in [1.29, 1.82) is 0 Å². The minimum Gasteiger partial charge on any atom is -0.451 e. The van der Waals surface area contributed by atoms with Gasteiger partial charge in [0.1, 0.15) is 5.58 Å². The van der Waals surface area contributed by atoms with Crippen molar-refractivity contribution in [1.82, 2.24) is 9.88 Å². The number of ether oxygens (including phenoxy) is 2. The molecule has 0 aliphatic carbocycles. The first-order valence-corrected chi connectivity index (χ1v) is 9.68. The van der Waals surface area contributed by atoms with Gasteiger partial charge in [-0.1, -0.05) is 18.2 Å². The molecule has 0 unspecified atom stereocenters. The van der Waals surface area contributed by atoms with Gasteiger partial charge in [-0.05, 0) is 6.07 Å². The molecule has 2 aromatic heterocycles. The van der Waals surface area contributed by atoms with Gasteiger partial charge in [-0.2, -0.15) is 0 Å². The summed E-state index contributed by atoms with van der Waals surface area (Å²) in [5.41, 5.74) is 2.36. The van der Waals surface area contributed by atoms with Gasteiger partial charge >= 0.3 is 0 Å². The van der Waals surface area contributed by atoms with Gasteiger partial charge in [-0.15, -0.1) is 11.3 Å². The van der Waals surface area contributed by atoms with Gasteiger partial charge in [0.2, 0.25) is 0 Å². The molecule has 4 rings (SSSR count). The summed E-state index contributed by atoms with van der Waals surface area (Å²) in [6.45, 7) is 4.37. The fourth-order valence-corrected chi connectivity index (χ4v) is 3.85. The van der Waals surface area contributed by atoms with Gasteiger partial charge < -0.3 is 13.9 Å². The number of aromatic nitrogens is 1. The van der Waals surface area contributed by atoms with Crippen LogP contribution in [-0.2, 0) is 22.6 Å². The molecule has 7 nitrogen and oxygen atoms in total. The summed E-state index contributed by atoms with van der Waals surface area (Å²) in [6.07, 6.45) is 0. The van der Waals surface area contributed by atoms with Gasteiger partial charge in [-0.25, -0.2) is 4.98 Å². The van der Waals surface area contributed by atoms with Crippen LogP contribution >= 0.6 is 11.3 Å². The molecule has 3 heterocycles. The Morgan fingerprint density at radius 2 is 2.15 bits per heavy atom. The molecule has 0 bridgehead atoms. The van der Waals surface area contributed by atoms with E-state index in [1.165, 1.54) is 11.3 Å². The van der Waals surface area contributed by atoms with E-state index >= 15 is 0 Å². The molecule has 1 aliphatic rings. The molecule has 0 spiro atoms. The van der Waals surface area contributed by atoms with Crippen LogP contribution < -0.4 is 5.32 Å². The first-order valence-electron chi connectivity index (χ1n) is 8.80. The van der Waals surface area contributed by atoms with E-state index < -0.39 is 0 Å². The number of nitrogens with zero attached hydrogens (tertiary/aromatic N) is 2. The molecule has 142 valence electrons. The Labute approximate surface area is 160 Å². The second-order valence-corrected chi connectivity index (χ2v) is 7.18. The Morgan fingerprint density at radius 3 is 2.96 bits per heavy atom. The van der Waals surface area contributed by atoms with Crippen molar-refractivity contribution in [3.05, 3.63) is 46.7 Å². The number of benzene rings is 1. The van der Waals surface area contributed by atoms with Crippen LogP contribution in [-0.4, -0.2) is 49.2 Å². The topological polar surface area (TPSA) is 76.8 Å². The van der Waals surface area contributed by atoms with Gasteiger partial charge in [0.15, 0.2) is 10.9 Å². The minimum atomic E-state index is -0.314. The number of fused-ring (bicyclic) bond motifs is 1. The van der Waals surface area contributed by atoms with Crippen LogP contribution in [0.5, 0.6) is 0 Å². The minimum absolute atomic E-state index is 0.267. The third-order valence-electron chi connectivity index (χ3n) is 4.45. The third kappa shape index (κ3) is 4.03. The number of hydrogen-bond acceptors (Lipinski definition) is 7. The van der Waals surface area contributed by atoms with E-state index in [1.807, 2.05) is 29.6 Å². The number of furan rings is 1. The number of carbonyl (C=O) groups is 1. The summed E-state index contributed by atoms with van der Waals surface area (Å²) < 4.78 is 16.4. The zero-order valence-electron chi connectivity index (χ0n) is 15.1. The van der Waals surface area contributed by atoms with Gasteiger partial charge in [0.25, 0.3) is 5.91 Å². The Bertz CT molecular complexity index is 930. The molecule has 1 N–H and O–H groups in total. The first-order chi connectivity index (χ1) is 13.2. The van der Waals surface area contributed by atoms with Crippen LogP contribution in [0.4, 0.5) is 5.13 Å². The van der Waals surface area contributed by atoms with Crippen molar-refractivity contribution in [2.45, 2.75) is 13.2 Å². The molecule has 1 aliphatic heterocycles. The fraction of sp³-hybridized carbons (Fsp3) is 0.368. The SMILES string of the molecule is COCc1c(C(=O)Nc2nc(CN3CCOCC3)cs2)oc2ccccc12. The normalized spacial score (nSPS) is 15.3. The van der Waals surface area contributed by atoms with Crippen molar-refractivity contribution in [2.24, 2.45) is 0 Å². The van der Waals surface area contributed by atoms with E-state index in [0.29, 0.717) is 17.3 Å². The Morgan fingerprint density at radius 1 is 1.33 bits per heavy atom. The lowest BCUT2D eigenvalue weighted by atomic mass is 10.1. The maximum atomic E-state index is 12.8. The van der Waals surface area contributed by atoms with Crippen molar-refractivity contribution in [2.75, 3.05) is 38.7 Å². The van der Waals surface area contributed by atoms with Gasteiger partial charge in [0.05, 0.1) is 25.5 Å². The smallest absolute Gasteiger partial charge is 0.293 e. The molecule has 1 fully saturated rings. The summed E-state index contributed by atoms with van der Waals surface area (Å²) in [6, 6.07) is 7.56. The summed E-state index contributed by atoms with van der Waals surface area (Å²) in [7, 11) is 1.60. The van der Waals surface area contributed by atoms with Crippen molar-refractivity contribution in [3.8, 4) is 0 Å². The van der Waals surface area contributed by atoms with Crippen molar-refractivity contribution in [3.63, 3.8) is 0 Å². The van der Waals surface area contributed by atoms with E-state index in [1.54, 1.807) is 7.11 Å². The highest BCUT2D eigenvalue weighted by atomic mass is 32.1. The van der Waals surface area contributed by atoms with Gasteiger partial charge in [-0.3, -0.25) is 15.0 Å². The Hall–Kier alpha value is -2.26. The van der Waals surface area contributed by atoms with Crippen LogP contribution in [0.2, 0.25) is 0 Å². The standard InChI is InChI=1S/C19H21N3O4S/c1-24-11-15-14-4-2-3-5-16(14)26-17(15)18(23)21-19-20-13(12-27-19)10-22-6-8-25-9-7-22/h2-5,12H,6-11H2,1H3,(H,20,21,23). The molecule has 0 atom stereocenters. The van der Waals surface area contributed by atoms with E-state index in [-0.39, 0.29) is 11.7 Å². The molecule has 1 amide bonds. The zero-order chi connectivity index (χ0) is 18.6. The van der Waals surface area contributed by atoms with Crippen LogP contribution in [0.3, 0.4) is 0 Å². The van der Waals surface area contributed by atoms with Crippen LogP contribution in [0.1, 0.15) is 21.8 Å². The molecule has 3 aromatic rings. The quantitative estimate of drug-likeness (QED) is 0.700. The highest BCUT2D eigenvalue weighted by Crippen LogP contribution is 2.28. The molecule has 8 heteroatoms. The van der Waals surface area contributed by atoms with E-state index in [9.17, 15) is 4.79 Å². The number of thiazole rings is 1. The zero-order valence-corrected chi connectivity index (χ0v) is 15.9. The lowest BCUT2D eigenvalue weighted by Gasteiger charge is -2.25. The second kappa shape index (κ2) is 8.18. The molecule has 1 aromatic carbocycles. The summed E-state index contributed by atoms with van der Waals surface area (Å²) >= 11 is 1.41. The summed E-state index contributed by atoms with van der Waals surface area (Å²) in [5.74, 6) is -0.0477. The number of hydrogen-bond donors (Lipinski definition) is 1. The average molecular weight is 387 g/mol. The first kappa shape index (κ1) is 18.1. The molecular formula is C19H21N3O4S. The largest absolute Gasteiger partial charge is 0.451 e. The van der Waals surface area contributed by atoms with Gasteiger partial charge in [0, 0.05) is 43.1 Å². The summed E-state index contributed by atoms with van der Waals surface area (Å²) in [4.78, 5) is 19.6. The summed E-state index contributed by atoms with van der Waals surface area (Å²) in [5, 5.41) is 6.27. The van der Waals surface area contributed by atoms with Crippen LogP contribution in [0.15, 0.2) is 34.1 Å². The predicted octanol–water partition coefficient (Wildman–Crippen LogP) is 3.12. The Kier molecular flexibility index (Phi) is 5.49. The van der Waals surface area contributed by atoms with Crippen molar-refractivity contribution < 1.29 is 18.7 Å². The number of amides is 1. The highest BCUT2D eigenvalue weighted by Gasteiger charge is 2.21. The maximum absolute atomic E-state index is 12.8. The number of para-hydroxylation sites is 1. The number of carbonyl (C=O) groups excluding carboxylic acids is 1. The Balaban J connectivity index is 1.49. The monoisotopic (exact) mass is 387 g/mol. The number of nitrogens with one attached hydrogen (secondary N) is 1. The molecule has 0 radical (unpaired) electrons. The molecular weight excluding hydrogens is 366 g/mol. The fourth-order valence-electron chi connectivity index (χ4n) is 3.15. The van der Waals surface area contributed by atoms with E-state index in [2.05, 4.69) is 15.2 Å². The predicted molar refractivity (Wildman–Crippen MR) is 103 cm³/mol. The number of anilines is 1. The number of morpholine rings is 1. The van der Waals surface area contributed by atoms with Crippen LogP contribution in [0, 0.1) is 0 Å². The molecule has 0 saturated carbocycles. The lowest BCUT2D eigenvalue weighted by Crippen LogP contribution is -2.35. The maximum Gasteiger partial charge on any atom is 0.293 e.